The zero-order chi connectivity index (χ0) is 25.1. The van der Waals surface area contributed by atoms with Gasteiger partial charge in [-0.2, -0.15) is 0 Å². The number of nitrogens with zero attached hydrogens (tertiary/aromatic N) is 3. The van der Waals surface area contributed by atoms with Crippen LogP contribution in [0.4, 0.5) is 0 Å². The van der Waals surface area contributed by atoms with E-state index in [0.29, 0.717) is 34.3 Å². The molecule has 0 aromatic heterocycles. The fourth-order valence-electron chi connectivity index (χ4n) is 5.80. The Morgan fingerprint density at radius 3 is 2.61 bits per heavy atom. The lowest BCUT2D eigenvalue weighted by Gasteiger charge is -2.58. The summed E-state index contributed by atoms with van der Waals surface area (Å²) in [6, 6.07) is 15.7. The van der Waals surface area contributed by atoms with Crippen LogP contribution in [0.2, 0.25) is 10.0 Å². The number of hydrogen-bond acceptors (Lipinski definition) is 5. The molecule has 0 aliphatic carbocycles. The Morgan fingerprint density at radius 1 is 1.08 bits per heavy atom. The van der Waals surface area contributed by atoms with Gasteiger partial charge in [0.15, 0.2) is 0 Å². The van der Waals surface area contributed by atoms with Gasteiger partial charge in [0.1, 0.15) is 6.23 Å². The molecule has 1 N–H and O–H groups in total. The number of nitrogens with one attached hydrogen (secondary N) is 1. The Balaban J connectivity index is 0.00000200. The fraction of sp³-hybridized carbons (Fsp3) is 0.536. The van der Waals surface area contributed by atoms with Gasteiger partial charge in [-0.05, 0) is 55.5 Å². The van der Waals surface area contributed by atoms with Crippen molar-refractivity contribution in [1.82, 2.24) is 20.2 Å². The van der Waals surface area contributed by atoms with E-state index in [0.717, 1.165) is 44.6 Å². The van der Waals surface area contributed by atoms with Gasteiger partial charge in [-0.1, -0.05) is 53.9 Å². The highest BCUT2D eigenvalue weighted by Crippen LogP contribution is 2.37. The smallest absolute Gasteiger partial charge is 0.253 e. The number of rotatable bonds is 8. The zero-order valence-corrected chi connectivity index (χ0v) is 24.9. The van der Waals surface area contributed by atoms with Crippen molar-refractivity contribution in [2.24, 2.45) is 0 Å². The molecule has 1 amide bonds. The average Bonchev–Trinajstić information content (AvgIpc) is 3.17. The van der Waals surface area contributed by atoms with Crippen LogP contribution in [0.1, 0.15) is 53.9 Å². The third-order valence-electron chi connectivity index (χ3n) is 7.84. The van der Waals surface area contributed by atoms with Crippen molar-refractivity contribution >= 4 is 53.9 Å². The fourth-order valence-corrected chi connectivity index (χ4v) is 6.10. The number of carbonyl (C=O) groups is 1. The van der Waals surface area contributed by atoms with Gasteiger partial charge in [-0.15, -0.1) is 24.8 Å². The molecule has 6 rings (SSSR count). The summed E-state index contributed by atoms with van der Waals surface area (Å²) >= 11 is 12.6. The van der Waals surface area contributed by atoms with E-state index in [1.165, 1.54) is 19.3 Å². The van der Waals surface area contributed by atoms with Crippen LogP contribution in [0.15, 0.2) is 48.5 Å². The first-order chi connectivity index (χ1) is 17.5. The molecule has 10 heteroatoms. The van der Waals surface area contributed by atoms with Crippen LogP contribution in [0.25, 0.3) is 0 Å². The molecule has 2 bridgehead atoms. The van der Waals surface area contributed by atoms with Crippen LogP contribution in [-0.4, -0.2) is 78.9 Å². The number of amides is 1. The average molecular weight is 604 g/mol. The summed E-state index contributed by atoms with van der Waals surface area (Å²) in [5.41, 5.74) is 5.45. The molecule has 4 saturated heterocycles. The lowest BCUT2D eigenvalue weighted by Crippen LogP contribution is -2.74. The molecule has 0 radical (unpaired) electrons. The first-order valence-electron chi connectivity index (χ1n) is 13.2. The van der Waals surface area contributed by atoms with E-state index in [4.69, 9.17) is 27.9 Å². The lowest BCUT2D eigenvalue weighted by atomic mass is 9.90. The van der Waals surface area contributed by atoms with Crippen molar-refractivity contribution < 1.29 is 9.53 Å². The summed E-state index contributed by atoms with van der Waals surface area (Å²) in [6.45, 7) is 4.70. The second kappa shape index (κ2) is 14.5. The number of hydrazine groups is 1. The quantitative estimate of drug-likeness (QED) is 0.409. The summed E-state index contributed by atoms with van der Waals surface area (Å²) in [5.74, 6) is 0.154. The number of halogens is 4. The Labute approximate surface area is 248 Å². The van der Waals surface area contributed by atoms with E-state index in [1.807, 2.05) is 60.5 Å². The summed E-state index contributed by atoms with van der Waals surface area (Å²) in [4.78, 5) is 17.4. The molecule has 210 valence electrons. The van der Waals surface area contributed by atoms with E-state index in [-0.39, 0.29) is 42.9 Å². The Hall–Kier alpha value is -1.09. The number of ether oxygens (including phenoxy) is 1. The summed E-state index contributed by atoms with van der Waals surface area (Å²) in [5, 5.41) is 3.54. The molecule has 0 spiro atoms. The number of carbonyl (C=O) groups excluding carboxylic acids is 1. The minimum absolute atomic E-state index is 0. The molecule has 2 aromatic rings. The number of fused-ring (bicyclic) bond motifs is 2. The van der Waals surface area contributed by atoms with Crippen molar-refractivity contribution in [1.29, 1.82) is 0 Å². The molecule has 4 heterocycles. The Kier molecular flexibility index (Phi) is 12.0. The van der Waals surface area contributed by atoms with Gasteiger partial charge < -0.3 is 9.64 Å². The second-order valence-electron chi connectivity index (χ2n) is 10.3. The van der Waals surface area contributed by atoms with Crippen molar-refractivity contribution in [2.75, 3.05) is 39.8 Å². The molecule has 2 aromatic carbocycles. The van der Waals surface area contributed by atoms with Gasteiger partial charge in [-0.25, -0.2) is 5.01 Å². The maximum absolute atomic E-state index is 13.1. The molecule has 4 atom stereocenters. The van der Waals surface area contributed by atoms with Crippen LogP contribution >= 0.6 is 48.0 Å². The van der Waals surface area contributed by atoms with Crippen LogP contribution in [0, 0.1) is 0 Å². The normalized spacial score (nSPS) is 24.2. The predicted octanol–water partition coefficient (Wildman–Crippen LogP) is 5.87. The maximum Gasteiger partial charge on any atom is 0.253 e. The highest BCUT2D eigenvalue weighted by molar-refractivity contribution is 6.42. The van der Waals surface area contributed by atoms with E-state index >= 15 is 0 Å². The summed E-state index contributed by atoms with van der Waals surface area (Å²) in [6.07, 6.45) is 6.19. The predicted molar refractivity (Wildman–Crippen MR) is 159 cm³/mol. The van der Waals surface area contributed by atoms with Crippen LogP contribution in [0.5, 0.6) is 0 Å². The SMILES string of the molecule is CN(CC(CCN1CCC2O[C@H]1C2N1CCCCCN1)c1ccc(Cl)c(Cl)c1)C(=O)c1ccccc1.Cl.Cl. The first kappa shape index (κ1) is 31.4. The van der Waals surface area contributed by atoms with Gasteiger partial charge >= 0.3 is 0 Å². The summed E-state index contributed by atoms with van der Waals surface area (Å²) in [7, 11) is 1.88. The highest BCUT2D eigenvalue weighted by Gasteiger charge is 2.52. The standard InChI is InChI=1S/C28H36Cl2N4O2.2ClH/c1-32(27(35)20-8-4-2-5-9-20)19-22(21-10-11-23(29)24(30)18-21)12-16-33-17-13-25-26(28(33)36-25)34-15-7-3-6-14-31-34;;/h2,4-5,8-11,18,22,25-26,28,31H,3,6-7,12-17,19H2,1H3;2*1H/t22?,25?,26?,28-;;/m0../s1. The van der Waals surface area contributed by atoms with Gasteiger partial charge in [0.2, 0.25) is 0 Å². The molecule has 6 nitrogen and oxygen atoms in total. The Morgan fingerprint density at radius 2 is 1.87 bits per heavy atom. The molecular formula is C28H38Cl4N4O2. The molecule has 38 heavy (non-hydrogen) atoms. The van der Waals surface area contributed by atoms with Crippen molar-refractivity contribution in [3.8, 4) is 0 Å². The zero-order valence-electron chi connectivity index (χ0n) is 21.7. The number of piperidine rings is 1. The third kappa shape index (κ3) is 7.15. The molecule has 0 saturated carbocycles. The number of likely N-dealkylation sites (N-methyl/N-ethyl adjacent to an activating group) is 1. The molecule has 3 unspecified atom stereocenters. The monoisotopic (exact) mass is 602 g/mol. The maximum atomic E-state index is 13.1. The number of hydrogen-bond donors (Lipinski definition) is 1. The lowest BCUT2D eigenvalue weighted by molar-refractivity contribution is -0.291. The molecular weight excluding hydrogens is 566 g/mol. The van der Waals surface area contributed by atoms with Crippen LogP contribution < -0.4 is 5.43 Å². The van der Waals surface area contributed by atoms with Gasteiger partial charge in [0, 0.05) is 51.3 Å². The molecule has 4 aliphatic heterocycles. The van der Waals surface area contributed by atoms with E-state index in [9.17, 15) is 4.79 Å². The minimum Gasteiger partial charge on any atom is -0.356 e. The highest BCUT2D eigenvalue weighted by atomic mass is 35.5. The van der Waals surface area contributed by atoms with Crippen molar-refractivity contribution in [3.63, 3.8) is 0 Å². The third-order valence-corrected chi connectivity index (χ3v) is 8.58. The van der Waals surface area contributed by atoms with E-state index in [2.05, 4.69) is 15.3 Å². The first-order valence-corrected chi connectivity index (χ1v) is 13.9. The Bertz CT molecular complexity index is 1040. The van der Waals surface area contributed by atoms with E-state index < -0.39 is 0 Å². The van der Waals surface area contributed by atoms with Gasteiger partial charge in [0.05, 0.1) is 22.2 Å². The van der Waals surface area contributed by atoms with Gasteiger partial charge in [0.25, 0.3) is 5.91 Å². The van der Waals surface area contributed by atoms with Gasteiger partial charge in [-0.3, -0.25) is 15.1 Å². The molecule has 4 fully saturated rings. The number of benzene rings is 2. The van der Waals surface area contributed by atoms with Crippen molar-refractivity contribution in [2.45, 2.75) is 56.4 Å². The topological polar surface area (TPSA) is 48.1 Å². The minimum atomic E-state index is 0. The van der Waals surface area contributed by atoms with E-state index in [1.54, 1.807) is 0 Å². The van der Waals surface area contributed by atoms with Crippen LogP contribution in [-0.2, 0) is 4.74 Å². The summed E-state index contributed by atoms with van der Waals surface area (Å²) < 4.78 is 6.29. The second-order valence-corrected chi connectivity index (χ2v) is 11.1. The van der Waals surface area contributed by atoms with Crippen molar-refractivity contribution in [3.05, 3.63) is 69.7 Å². The molecule has 4 aliphatic rings. The van der Waals surface area contributed by atoms with Crippen LogP contribution in [0.3, 0.4) is 0 Å². The largest absolute Gasteiger partial charge is 0.356 e.